The molecule has 1 aliphatic rings. The highest BCUT2D eigenvalue weighted by Gasteiger charge is 2.17. The molecule has 3 amide bonds. The number of carbonyl (C=O) groups is 2. The van der Waals surface area contributed by atoms with E-state index in [0.717, 1.165) is 11.1 Å². The fraction of sp³-hybridized carbons (Fsp3) is 0.238. The Kier molecular flexibility index (Phi) is 5.78. The number of furan rings is 1. The van der Waals surface area contributed by atoms with Crippen LogP contribution < -0.4 is 15.4 Å². The SMILES string of the molecule is CNC(=O)Oc1cc2cc(-c3ccc(NC(=O)N4CCOCC4)cc3)cc(Cl)c2o1. The van der Waals surface area contributed by atoms with Crippen molar-refractivity contribution in [1.82, 2.24) is 10.2 Å². The van der Waals surface area contributed by atoms with Gasteiger partial charge in [-0.25, -0.2) is 9.59 Å². The highest BCUT2D eigenvalue weighted by molar-refractivity contribution is 6.35. The Morgan fingerprint density at radius 1 is 1.07 bits per heavy atom. The first-order chi connectivity index (χ1) is 14.5. The van der Waals surface area contributed by atoms with E-state index in [9.17, 15) is 9.59 Å². The third-order valence-corrected chi connectivity index (χ3v) is 4.99. The highest BCUT2D eigenvalue weighted by atomic mass is 35.5. The van der Waals surface area contributed by atoms with Gasteiger partial charge in [-0.05, 0) is 35.4 Å². The van der Waals surface area contributed by atoms with E-state index in [1.54, 1.807) is 17.0 Å². The van der Waals surface area contributed by atoms with Gasteiger partial charge in [0.25, 0.3) is 5.95 Å². The molecular weight excluding hydrogens is 410 g/mol. The van der Waals surface area contributed by atoms with Gasteiger partial charge in [0.2, 0.25) is 0 Å². The lowest BCUT2D eigenvalue weighted by Gasteiger charge is -2.26. The second-order valence-electron chi connectivity index (χ2n) is 6.69. The zero-order chi connectivity index (χ0) is 21.1. The molecule has 156 valence electrons. The smallest absolute Gasteiger partial charge is 0.414 e. The van der Waals surface area contributed by atoms with Crippen LogP contribution in [0, 0.1) is 0 Å². The van der Waals surface area contributed by atoms with Crippen molar-refractivity contribution >= 4 is 40.4 Å². The van der Waals surface area contributed by atoms with Crippen LogP contribution in [-0.4, -0.2) is 50.4 Å². The Balaban J connectivity index is 1.51. The zero-order valence-corrected chi connectivity index (χ0v) is 17.0. The summed E-state index contributed by atoms with van der Waals surface area (Å²) in [6, 6.07) is 12.6. The maximum Gasteiger partial charge on any atom is 0.414 e. The van der Waals surface area contributed by atoms with Gasteiger partial charge in [0, 0.05) is 37.3 Å². The molecule has 1 fully saturated rings. The predicted octanol–water partition coefficient (Wildman–Crippen LogP) is 4.34. The van der Waals surface area contributed by atoms with Crippen molar-refractivity contribution in [1.29, 1.82) is 0 Å². The van der Waals surface area contributed by atoms with Gasteiger partial charge in [0.1, 0.15) is 0 Å². The number of anilines is 1. The first kappa shape index (κ1) is 20.1. The number of ether oxygens (including phenoxy) is 2. The molecule has 4 rings (SSSR count). The fourth-order valence-corrected chi connectivity index (χ4v) is 3.43. The monoisotopic (exact) mass is 429 g/mol. The quantitative estimate of drug-likeness (QED) is 0.646. The van der Waals surface area contributed by atoms with Gasteiger partial charge < -0.3 is 29.4 Å². The van der Waals surface area contributed by atoms with E-state index >= 15 is 0 Å². The lowest BCUT2D eigenvalue weighted by atomic mass is 10.0. The molecule has 0 radical (unpaired) electrons. The Hall–Kier alpha value is -3.23. The van der Waals surface area contributed by atoms with Crippen LogP contribution in [0.4, 0.5) is 15.3 Å². The van der Waals surface area contributed by atoms with Gasteiger partial charge in [-0.3, -0.25) is 0 Å². The Morgan fingerprint density at radius 2 is 1.80 bits per heavy atom. The van der Waals surface area contributed by atoms with E-state index in [2.05, 4.69) is 10.6 Å². The van der Waals surface area contributed by atoms with Gasteiger partial charge in [-0.1, -0.05) is 23.7 Å². The van der Waals surface area contributed by atoms with Gasteiger partial charge in [0.15, 0.2) is 5.58 Å². The molecule has 2 aromatic carbocycles. The summed E-state index contributed by atoms with van der Waals surface area (Å²) in [5.74, 6) is 0.0598. The van der Waals surface area contributed by atoms with Crippen molar-refractivity contribution in [2.75, 3.05) is 38.7 Å². The van der Waals surface area contributed by atoms with E-state index in [-0.39, 0.29) is 12.0 Å². The summed E-state index contributed by atoms with van der Waals surface area (Å²) in [5, 5.41) is 6.36. The third kappa shape index (κ3) is 4.34. The molecule has 3 aromatic rings. The van der Waals surface area contributed by atoms with Crippen LogP contribution in [0.25, 0.3) is 22.1 Å². The second kappa shape index (κ2) is 8.64. The van der Waals surface area contributed by atoms with Crippen LogP contribution >= 0.6 is 11.6 Å². The van der Waals surface area contributed by atoms with Crippen molar-refractivity contribution in [3.8, 4) is 17.1 Å². The van der Waals surface area contributed by atoms with Gasteiger partial charge in [0.05, 0.1) is 18.2 Å². The molecule has 9 heteroatoms. The number of halogens is 1. The second-order valence-corrected chi connectivity index (χ2v) is 7.10. The Bertz CT molecular complexity index is 1070. The normalized spacial score (nSPS) is 13.9. The molecule has 1 aromatic heterocycles. The standard InChI is InChI=1S/C21H20ClN3O5/c1-23-21(27)30-18-12-15-10-14(11-17(22)19(15)29-18)13-2-4-16(5-3-13)24-20(26)25-6-8-28-9-7-25/h2-5,10-12H,6-9H2,1H3,(H,23,27)(H,24,26). The number of fused-ring (bicyclic) bond motifs is 1. The molecule has 0 saturated carbocycles. The molecule has 8 nitrogen and oxygen atoms in total. The van der Waals surface area contributed by atoms with Crippen LogP contribution in [0.5, 0.6) is 5.95 Å². The molecule has 1 saturated heterocycles. The van der Waals surface area contributed by atoms with E-state index in [1.165, 1.54) is 7.05 Å². The van der Waals surface area contributed by atoms with Crippen molar-refractivity contribution in [3.63, 3.8) is 0 Å². The van der Waals surface area contributed by atoms with Crippen LogP contribution in [-0.2, 0) is 4.74 Å². The zero-order valence-electron chi connectivity index (χ0n) is 16.2. The molecule has 2 heterocycles. The summed E-state index contributed by atoms with van der Waals surface area (Å²) < 4.78 is 15.8. The lowest BCUT2D eigenvalue weighted by molar-refractivity contribution is 0.0564. The number of nitrogens with zero attached hydrogens (tertiary/aromatic N) is 1. The maximum absolute atomic E-state index is 12.3. The largest absolute Gasteiger partial charge is 0.424 e. The van der Waals surface area contributed by atoms with E-state index in [1.807, 2.05) is 30.3 Å². The van der Waals surface area contributed by atoms with Gasteiger partial charge in [-0.15, -0.1) is 0 Å². The van der Waals surface area contributed by atoms with Crippen LogP contribution in [0.3, 0.4) is 0 Å². The number of amides is 3. The van der Waals surface area contributed by atoms with Crippen LogP contribution in [0.15, 0.2) is 46.9 Å². The molecule has 1 aliphatic heterocycles. The first-order valence-corrected chi connectivity index (χ1v) is 9.78. The van der Waals surface area contributed by atoms with Crippen LogP contribution in [0.1, 0.15) is 0 Å². The van der Waals surface area contributed by atoms with E-state index in [4.69, 9.17) is 25.5 Å². The van der Waals surface area contributed by atoms with E-state index in [0.29, 0.717) is 48.0 Å². The summed E-state index contributed by atoms with van der Waals surface area (Å²) in [6.45, 7) is 2.27. The number of hydrogen-bond donors (Lipinski definition) is 2. The lowest BCUT2D eigenvalue weighted by Crippen LogP contribution is -2.43. The molecular formula is C21H20ClN3O5. The minimum Gasteiger partial charge on any atom is -0.424 e. The van der Waals surface area contributed by atoms with Gasteiger partial charge in [-0.2, -0.15) is 0 Å². The topological polar surface area (TPSA) is 93.0 Å². The molecule has 0 aliphatic carbocycles. The highest BCUT2D eigenvalue weighted by Crippen LogP contribution is 2.35. The molecule has 0 bridgehead atoms. The van der Waals surface area contributed by atoms with Crippen molar-refractivity contribution in [2.45, 2.75) is 0 Å². The number of carbonyl (C=O) groups excluding carboxylic acids is 2. The summed E-state index contributed by atoms with van der Waals surface area (Å²) in [6.07, 6.45) is -0.625. The molecule has 0 spiro atoms. The van der Waals surface area contributed by atoms with Crippen LogP contribution in [0.2, 0.25) is 5.02 Å². The predicted molar refractivity (Wildman–Crippen MR) is 113 cm³/mol. The minimum absolute atomic E-state index is 0.0598. The molecule has 0 atom stereocenters. The molecule has 0 unspecified atom stereocenters. The Morgan fingerprint density at radius 3 is 2.50 bits per heavy atom. The average molecular weight is 430 g/mol. The number of urea groups is 1. The maximum atomic E-state index is 12.3. The van der Waals surface area contributed by atoms with Gasteiger partial charge >= 0.3 is 12.1 Å². The third-order valence-electron chi connectivity index (χ3n) is 4.71. The van der Waals surface area contributed by atoms with Crippen molar-refractivity contribution < 1.29 is 23.5 Å². The summed E-state index contributed by atoms with van der Waals surface area (Å²) in [5.41, 5.74) is 2.92. The summed E-state index contributed by atoms with van der Waals surface area (Å²) in [4.78, 5) is 25.4. The number of hydrogen-bond acceptors (Lipinski definition) is 5. The first-order valence-electron chi connectivity index (χ1n) is 9.40. The number of morpholine rings is 1. The van der Waals surface area contributed by atoms with Crippen molar-refractivity contribution in [2.24, 2.45) is 0 Å². The van der Waals surface area contributed by atoms with Crippen molar-refractivity contribution in [3.05, 3.63) is 47.5 Å². The fourth-order valence-electron chi connectivity index (χ4n) is 3.16. The number of rotatable bonds is 3. The summed E-state index contributed by atoms with van der Waals surface area (Å²) in [7, 11) is 1.46. The number of nitrogens with one attached hydrogen (secondary N) is 2. The minimum atomic E-state index is -0.625. The number of benzene rings is 2. The molecule has 2 N–H and O–H groups in total. The average Bonchev–Trinajstić information content (AvgIpc) is 3.17. The van der Waals surface area contributed by atoms with E-state index < -0.39 is 6.09 Å². The molecule has 30 heavy (non-hydrogen) atoms. The summed E-state index contributed by atoms with van der Waals surface area (Å²) >= 11 is 6.36. The Labute approximate surface area is 177 Å².